The molecule has 2 saturated heterocycles. The predicted octanol–water partition coefficient (Wildman–Crippen LogP) is 3.88. The number of halogens is 1. The highest BCUT2D eigenvalue weighted by Crippen LogP contribution is 2.34. The van der Waals surface area contributed by atoms with Crippen LogP contribution in [-0.4, -0.2) is 54.8 Å². The maximum Gasteiger partial charge on any atom is 0.124 e. The van der Waals surface area contributed by atoms with Gasteiger partial charge in [-0.15, -0.1) is 0 Å². The van der Waals surface area contributed by atoms with Gasteiger partial charge in [-0.25, -0.2) is 4.39 Å². The molecule has 3 heterocycles. The molecule has 2 unspecified atom stereocenters. The van der Waals surface area contributed by atoms with E-state index in [4.69, 9.17) is 4.74 Å². The van der Waals surface area contributed by atoms with Crippen molar-refractivity contribution >= 4 is 16.6 Å². The lowest BCUT2D eigenvalue weighted by Crippen LogP contribution is -2.48. The van der Waals surface area contributed by atoms with Gasteiger partial charge in [-0.2, -0.15) is 5.26 Å². The molecule has 2 fully saturated rings. The van der Waals surface area contributed by atoms with E-state index in [-0.39, 0.29) is 5.82 Å². The summed E-state index contributed by atoms with van der Waals surface area (Å²) in [6.07, 6.45) is 4.36. The minimum Gasteiger partial charge on any atom is -0.373 e. The second-order valence-corrected chi connectivity index (χ2v) is 8.66. The van der Waals surface area contributed by atoms with E-state index in [0.29, 0.717) is 23.7 Å². The smallest absolute Gasteiger partial charge is 0.124 e. The van der Waals surface area contributed by atoms with Crippen molar-refractivity contribution in [2.45, 2.75) is 45.8 Å². The maximum atomic E-state index is 14.1. The van der Waals surface area contributed by atoms with Crippen molar-refractivity contribution in [3.8, 4) is 6.07 Å². The van der Waals surface area contributed by atoms with Gasteiger partial charge >= 0.3 is 0 Å². The quantitative estimate of drug-likeness (QED) is 0.788. The molecule has 0 spiro atoms. The Labute approximate surface area is 172 Å². The number of hydrogen-bond donors (Lipinski definition) is 0. The van der Waals surface area contributed by atoms with Crippen LogP contribution in [0.5, 0.6) is 0 Å². The summed E-state index contributed by atoms with van der Waals surface area (Å²) in [5.74, 6) is 0.361. The molecule has 1 aromatic heterocycles. The molecule has 6 heteroatoms. The van der Waals surface area contributed by atoms with Gasteiger partial charge in [-0.05, 0) is 57.2 Å². The van der Waals surface area contributed by atoms with Crippen LogP contribution in [-0.2, 0) is 4.74 Å². The van der Waals surface area contributed by atoms with Crippen molar-refractivity contribution < 1.29 is 9.13 Å². The van der Waals surface area contributed by atoms with E-state index < -0.39 is 0 Å². The molecule has 29 heavy (non-hydrogen) atoms. The summed E-state index contributed by atoms with van der Waals surface area (Å²) in [6.45, 7) is 11.0. The molecule has 2 aliphatic rings. The van der Waals surface area contributed by atoms with Gasteiger partial charge < -0.3 is 9.64 Å². The third kappa shape index (κ3) is 4.22. The molecule has 0 N–H and O–H groups in total. The summed E-state index contributed by atoms with van der Waals surface area (Å²) in [6, 6.07) is 5.29. The minimum atomic E-state index is -0.279. The van der Waals surface area contributed by atoms with E-state index in [0.717, 1.165) is 67.7 Å². The Morgan fingerprint density at radius 2 is 1.90 bits per heavy atom. The number of fused-ring (bicyclic) bond motifs is 1. The summed E-state index contributed by atoms with van der Waals surface area (Å²) in [4.78, 5) is 9.20. The number of pyridine rings is 1. The van der Waals surface area contributed by atoms with Crippen molar-refractivity contribution in [3.05, 3.63) is 35.3 Å². The first-order valence-electron chi connectivity index (χ1n) is 10.6. The van der Waals surface area contributed by atoms with E-state index in [9.17, 15) is 9.65 Å². The fourth-order valence-corrected chi connectivity index (χ4v) is 4.98. The number of nitriles is 1. The normalized spacial score (nSPS) is 24.0. The molecule has 2 aliphatic heterocycles. The molecule has 1 aromatic carbocycles. The van der Waals surface area contributed by atoms with Crippen LogP contribution >= 0.6 is 0 Å². The van der Waals surface area contributed by atoms with E-state index in [2.05, 4.69) is 34.7 Å². The number of nitrogens with zero attached hydrogens (tertiary/aromatic N) is 4. The number of benzene rings is 1. The van der Waals surface area contributed by atoms with Gasteiger partial charge in [0.25, 0.3) is 0 Å². The van der Waals surface area contributed by atoms with Crippen LogP contribution in [0.1, 0.15) is 37.8 Å². The van der Waals surface area contributed by atoms with Crippen LogP contribution in [0, 0.1) is 30.0 Å². The van der Waals surface area contributed by atoms with Gasteiger partial charge in [0.05, 0.1) is 29.0 Å². The second kappa shape index (κ2) is 8.25. The van der Waals surface area contributed by atoms with E-state index >= 15 is 0 Å². The van der Waals surface area contributed by atoms with Gasteiger partial charge in [0, 0.05) is 44.3 Å². The molecular weight excluding hydrogens is 367 g/mol. The lowest BCUT2D eigenvalue weighted by Gasteiger charge is -2.40. The first-order chi connectivity index (χ1) is 13.9. The van der Waals surface area contributed by atoms with Crippen LogP contribution in [0.3, 0.4) is 0 Å². The number of anilines is 1. The molecule has 0 radical (unpaired) electrons. The minimum absolute atomic E-state index is 0.279. The fraction of sp³-hybridized carbons (Fsp3) is 0.565. The Bertz CT molecular complexity index is 923. The standard InChI is InChI=1S/C23H29FN4O/c1-15-8-20(24)9-21-22(15)26-11-19(10-25)23(21)28-6-4-18(5-7-28)14-27-12-16(2)29-17(3)13-27/h8-9,11,16-18H,4-7,12-14H2,1-3H3. The number of aryl methyl sites for hydroxylation is 1. The summed E-state index contributed by atoms with van der Waals surface area (Å²) < 4.78 is 20.0. The molecule has 0 bridgehead atoms. The van der Waals surface area contributed by atoms with E-state index in [1.165, 1.54) is 12.1 Å². The van der Waals surface area contributed by atoms with Crippen LogP contribution in [0.2, 0.25) is 0 Å². The van der Waals surface area contributed by atoms with Crippen molar-refractivity contribution in [1.29, 1.82) is 5.26 Å². The summed E-state index contributed by atoms with van der Waals surface area (Å²) in [5, 5.41) is 10.4. The second-order valence-electron chi connectivity index (χ2n) is 8.66. The fourth-order valence-electron chi connectivity index (χ4n) is 4.98. The lowest BCUT2D eigenvalue weighted by atomic mass is 9.94. The van der Waals surface area contributed by atoms with E-state index in [1.807, 2.05) is 6.92 Å². The number of ether oxygens (including phenoxy) is 1. The Hall–Kier alpha value is -2.23. The van der Waals surface area contributed by atoms with Crippen LogP contribution in [0.15, 0.2) is 18.3 Å². The number of rotatable bonds is 3. The molecule has 0 amide bonds. The zero-order valence-electron chi connectivity index (χ0n) is 17.5. The molecule has 5 nitrogen and oxygen atoms in total. The predicted molar refractivity (Wildman–Crippen MR) is 113 cm³/mol. The molecular formula is C23H29FN4O. The zero-order valence-corrected chi connectivity index (χ0v) is 17.5. The Morgan fingerprint density at radius 3 is 2.55 bits per heavy atom. The van der Waals surface area contributed by atoms with Crippen LogP contribution in [0.25, 0.3) is 10.9 Å². The van der Waals surface area contributed by atoms with Crippen molar-refractivity contribution in [1.82, 2.24) is 9.88 Å². The van der Waals surface area contributed by atoms with Gasteiger partial charge in [0.15, 0.2) is 0 Å². The van der Waals surface area contributed by atoms with Gasteiger partial charge in [0.1, 0.15) is 11.9 Å². The number of aromatic nitrogens is 1. The average molecular weight is 397 g/mol. The highest BCUT2D eigenvalue weighted by Gasteiger charge is 2.28. The average Bonchev–Trinajstić information content (AvgIpc) is 2.67. The Kier molecular flexibility index (Phi) is 5.71. The first-order valence-corrected chi connectivity index (χ1v) is 10.6. The topological polar surface area (TPSA) is 52.4 Å². The monoisotopic (exact) mass is 396 g/mol. The van der Waals surface area contributed by atoms with Crippen molar-refractivity contribution in [2.24, 2.45) is 5.92 Å². The van der Waals surface area contributed by atoms with Crippen molar-refractivity contribution in [2.75, 3.05) is 37.6 Å². The van der Waals surface area contributed by atoms with E-state index in [1.54, 1.807) is 6.20 Å². The lowest BCUT2D eigenvalue weighted by molar-refractivity contribution is -0.0720. The van der Waals surface area contributed by atoms with Crippen molar-refractivity contribution in [3.63, 3.8) is 0 Å². The SMILES string of the molecule is Cc1cc(F)cc2c(N3CCC(CN4CC(C)OC(C)C4)CC3)c(C#N)cnc12. The largest absolute Gasteiger partial charge is 0.373 e. The van der Waals surface area contributed by atoms with Crippen LogP contribution < -0.4 is 4.90 Å². The molecule has 4 rings (SSSR count). The van der Waals surface area contributed by atoms with Gasteiger partial charge in [-0.1, -0.05) is 0 Å². The molecule has 2 aromatic rings. The molecule has 154 valence electrons. The van der Waals surface area contributed by atoms with Gasteiger partial charge in [0.2, 0.25) is 0 Å². The highest BCUT2D eigenvalue weighted by atomic mass is 19.1. The summed E-state index contributed by atoms with van der Waals surface area (Å²) in [5.41, 5.74) is 2.94. The molecule has 0 saturated carbocycles. The summed E-state index contributed by atoms with van der Waals surface area (Å²) in [7, 11) is 0. The third-order valence-electron chi connectivity index (χ3n) is 6.16. The first kappa shape index (κ1) is 20.1. The Morgan fingerprint density at radius 1 is 1.21 bits per heavy atom. The molecule has 0 aliphatic carbocycles. The highest BCUT2D eigenvalue weighted by molar-refractivity contribution is 5.96. The van der Waals surface area contributed by atoms with Gasteiger partial charge in [-0.3, -0.25) is 9.88 Å². The third-order valence-corrected chi connectivity index (χ3v) is 6.16. The van der Waals surface area contributed by atoms with Crippen LogP contribution in [0.4, 0.5) is 10.1 Å². The number of morpholine rings is 1. The Balaban J connectivity index is 1.51. The number of piperidine rings is 1. The maximum absolute atomic E-state index is 14.1. The molecule has 2 atom stereocenters. The summed E-state index contributed by atoms with van der Waals surface area (Å²) >= 11 is 0. The zero-order chi connectivity index (χ0) is 20.5. The number of hydrogen-bond acceptors (Lipinski definition) is 5.